The Bertz CT molecular complexity index is 1070. The Hall–Kier alpha value is -2.25. The van der Waals surface area contributed by atoms with Crippen molar-refractivity contribution >= 4 is 33.2 Å². The van der Waals surface area contributed by atoms with Gasteiger partial charge in [-0.25, -0.2) is 8.42 Å². The summed E-state index contributed by atoms with van der Waals surface area (Å²) in [6.45, 7) is 1.54. The van der Waals surface area contributed by atoms with E-state index >= 15 is 0 Å². The molecule has 6 nitrogen and oxygen atoms in total. The second-order valence-corrected chi connectivity index (χ2v) is 10.8. The largest absolute Gasteiger partial charge is 0.495 e. The van der Waals surface area contributed by atoms with Crippen LogP contribution in [0, 0.1) is 18.8 Å². The predicted molar refractivity (Wildman–Crippen MR) is 121 cm³/mol. The number of nitrogens with zero attached hydrogens (tertiary/aromatic N) is 1. The molecular formula is C23H27ClN2O4S. The van der Waals surface area contributed by atoms with E-state index in [1.165, 1.54) is 19.6 Å². The number of hydrogen-bond acceptors (Lipinski definition) is 4. The van der Waals surface area contributed by atoms with Gasteiger partial charge < -0.3 is 10.1 Å². The molecule has 1 amide bonds. The summed E-state index contributed by atoms with van der Waals surface area (Å²) < 4.78 is 33.6. The van der Waals surface area contributed by atoms with Gasteiger partial charge in [-0.2, -0.15) is 0 Å². The van der Waals surface area contributed by atoms with Crippen LogP contribution in [0.1, 0.15) is 31.2 Å². The third-order valence-electron chi connectivity index (χ3n) is 6.39. The normalized spacial score (nSPS) is 22.4. The molecule has 2 aromatic carbocycles. The van der Waals surface area contributed by atoms with Crippen molar-refractivity contribution in [2.45, 2.75) is 43.5 Å². The summed E-state index contributed by atoms with van der Waals surface area (Å²) in [6.07, 6.45) is 4.48. The Morgan fingerprint density at radius 2 is 1.90 bits per heavy atom. The van der Waals surface area contributed by atoms with Crippen molar-refractivity contribution in [3.63, 3.8) is 0 Å². The Morgan fingerprint density at radius 3 is 2.52 bits per heavy atom. The molecule has 2 aromatic rings. The van der Waals surface area contributed by atoms with Crippen LogP contribution in [-0.2, 0) is 14.8 Å². The Balaban J connectivity index is 1.66. The first-order valence-corrected chi connectivity index (χ1v) is 12.3. The minimum absolute atomic E-state index is 0.104. The van der Waals surface area contributed by atoms with Crippen molar-refractivity contribution in [2.75, 3.05) is 18.0 Å². The molecule has 4 rings (SSSR count). The summed E-state index contributed by atoms with van der Waals surface area (Å²) in [7, 11) is -2.57. The summed E-state index contributed by atoms with van der Waals surface area (Å²) >= 11 is 6.17. The number of fused-ring (bicyclic) bond motifs is 2. The van der Waals surface area contributed by atoms with Gasteiger partial charge in [0.15, 0.2) is 0 Å². The lowest BCUT2D eigenvalue weighted by molar-refractivity contribution is -0.120. The van der Waals surface area contributed by atoms with E-state index in [4.69, 9.17) is 16.3 Å². The van der Waals surface area contributed by atoms with E-state index in [2.05, 4.69) is 5.32 Å². The number of benzene rings is 2. The second kappa shape index (κ2) is 8.71. The molecule has 2 fully saturated rings. The average molecular weight is 463 g/mol. The molecule has 0 aliphatic heterocycles. The monoisotopic (exact) mass is 462 g/mol. The molecule has 166 valence electrons. The maximum absolute atomic E-state index is 13.6. The highest BCUT2D eigenvalue weighted by Crippen LogP contribution is 2.44. The number of carbonyl (C=O) groups is 1. The lowest BCUT2D eigenvalue weighted by atomic mass is 9.95. The van der Waals surface area contributed by atoms with Gasteiger partial charge in [-0.15, -0.1) is 0 Å². The van der Waals surface area contributed by atoms with Gasteiger partial charge in [0.25, 0.3) is 10.0 Å². The Morgan fingerprint density at radius 1 is 1.16 bits per heavy atom. The Labute approximate surface area is 188 Å². The van der Waals surface area contributed by atoms with Crippen LogP contribution in [0.5, 0.6) is 5.75 Å². The quantitative estimate of drug-likeness (QED) is 0.670. The number of methoxy groups -OCH3 is 1. The highest BCUT2D eigenvalue weighted by atomic mass is 35.5. The minimum atomic E-state index is -4.03. The van der Waals surface area contributed by atoms with Crippen LogP contribution >= 0.6 is 11.6 Å². The van der Waals surface area contributed by atoms with Crippen LogP contribution in [0.2, 0.25) is 5.02 Å². The van der Waals surface area contributed by atoms with E-state index in [-0.39, 0.29) is 29.1 Å². The summed E-state index contributed by atoms with van der Waals surface area (Å²) in [6, 6.07) is 11.4. The molecule has 1 N–H and O–H groups in total. The molecule has 0 saturated heterocycles. The average Bonchev–Trinajstić information content (AvgIpc) is 3.35. The molecule has 31 heavy (non-hydrogen) atoms. The zero-order valence-electron chi connectivity index (χ0n) is 17.7. The number of nitrogens with one attached hydrogen (secondary N) is 1. The topological polar surface area (TPSA) is 75.7 Å². The number of carbonyl (C=O) groups excluding carboxylic acids is 1. The van der Waals surface area contributed by atoms with Gasteiger partial charge in [0.2, 0.25) is 5.91 Å². The van der Waals surface area contributed by atoms with Gasteiger partial charge in [-0.1, -0.05) is 35.7 Å². The second-order valence-electron chi connectivity index (χ2n) is 8.49. The number of aryl methyl sites for hydroxylation is 1. The molecule has 2 aliphatic carbocycles. The number of hydrogen-bond donors (Lipinski definition) is 1. The maximum Gasteiger partial charge on any atom is 0.264 e. The highest BCUT2D eigenvalue weighted by Gasteiger charge is 2.40. The lowest BCUT2D eigenvalue weighted by Gasteiger charge is -2.28. The molecule has 2 bridgehead atoms. The number of halogens is 1. The van der Waals surface area contributed by atoms with Crippen molar-refractivity contribution in [1.82, 2.24) is 5.32 Å². The third-order valence-corrected chi connectivity index (χ3v) is 8.40. The SMILES string of the molecule is COc1ccc(Cl)cc1N(CC(=O)N[C@@H]1C[C@@H]2CC[C@@H]1C2)S(=O)(=O)c1ccc(C)cc1. The predicted octanol–water partition coefficient (Wildman–Crippen LogP) is 4.16. The zero-order valence-corrected chi connectivity index (χ0v) is 19.2. The summed E-state index contributed by atoms with van der Waals surface area (Å²) in [5.41, 5.74) is 1.18. The van der Waals surface area contributed by atoms with E-state index < -0.39 is 10.0 Å². The molecule has 8 heteroatoms. The van der Waals surface area contributed by atoms with Gasteiger partial charge in [0.05, 0.1) is 17.7 Å². The molecule has 0 spiro atoms. The fourth-order valence-electron chi connectivity index (χ4n) is 4.80. The first kappa shape index (κ1) is 22.0. The van der Waals surface area contributed by atoms with Crippen molar-refractivity contribution in [3.05, 3.63) is 53.1 Å². The third kappa shape index (κ3) is 4.53. The molecule has 0 unspecified atom stereocenters. The van der Waals surface area contributed by atoms with Crippen LogP contribution in [0.15, 0.2) is 47.4 Å². The molecule has 2 aliphatic rings. The fourth-order valence-corrected chi connectivity index (χ4v) is 6.39. The van der Waals surface area contributed by atoms with E-state index in [1.807, 2.05) is 6.92 Å². The van der Waals surface area contributed by atoms with Gasteiger partial charge in [-0.05, 0) is 68.4 Å². The number of ether oxygens (including phenoxy) is 1. The zero-order chi connectivity index (χ0) is 22.2. The number of anilines is 1. The van der Waals surface area contributed by atoms with Crippen LogP contribution < -0.4 is 14.4 Å². The smallest absolute Gasteiger partial charge is 0.264 e. The highest BCUT2D eigenvalue weighted by molar-refractivity contribution is 7.92. The first-order valence-electron chi connectivity index (χ1n) is 10.5. The molecule has 0 aromatic heterocycles. The molecule has 2 saturated carbocycles. The van der Waals surface area contributed by atoms with Crippen molar-refractivity contribution < 1.29 is 17.9 Å². The van der Waals surface area contributed by atoms with Crippen molar-refractivity contribution in [2.24, 2.45) is 11.8 Å². The van der Waals surface area contributed by atoms with Crippen LogP contribution in [-0.4, -0.2) is 34.0 Å². The summed E-state index contributed by atoms with van der Waals surface area (Å²) in [5, 5.41) is 3.43. The minimum Gasteiger partial charge on any atom is -0.495 e. The lowest BCUT2D eigenvalue weighted by Crippen LogP contribution is -2.46. The maximum atomic E-state index is 13.6. The first-order chi connectivity index (χ1) is 14.8. The van der Waals surface area contributed by atoms with Crippen LogP contribution in [0.3, 0.4) is 0 Å². The summed E-state index contributed by atoms with van der Waals surface area (Å²) in [5.74, 6) is 1.18. The number of amides is 1. The van der Waals surface area contributed by atoms with Crippen LogP contribution in [0.4, 0.5) is 5.69 Å². The molecule has 0 radical (unpaired) electrons. The van der Waals surface area contributed by atoms with E-state index in [9.17, 15) is 13.2 Å². The van der Waals surface area contributed by atoms with E-state index in [0.717, 1.165) is 29.1 Å². The van der Waals surface area contributed by atoms with Gasteiger partial charge in [0, 0.05) is 11.1 Å². The molecular weight excluding hydrogens is 436 g/mol. The number of sulfonamides is 1. The van der Waals surface area contributed by atoms with E-state index in [0.29, 0.717) is 22.6 Å². The fraction of sp³-hybridized carbons (Fsp3) is 0.435. The van der Waals surface area contributed by atoms with Gasteiger partial charge in [0.1, 0.15) is 12.3 Å². The number of rotatable bonds is 7. The molecule has 3 atom stereocenters. The van der Waals surface area contributed by atoms with Gasteiger partial charge in [-0.3, -0.25) is 9.10 Å². The standard InChI is InChI=1S/C23H27ClN2O4S/c1-15-3-8-19(9-4-15)31(28,29)26(21-13-18(24)7-10-22(21)30-2)14-23(27)25-20-12-16-5-6-17(20)11-16/h3-4,7-10,13,16-17,20H,5-6,11-12,14H2,1-2H3,(H,25,27)/t16-,17-,20-/m1/s1. The van der Waals surface area contributed by atoms with E-state index in [1.54, 1.807) is 36.4 Å². The summed E-state index contributed by atoms with van der Waals surface area (Å²) in [4.78, 5) is 13.1. The van der Waals surface area contributed by atoms with Crippen molar-refractivity contribution in [3.8, 4) is 5.75 Å². The Kier molecular flexibility index (Phi) is 6.17. The molecule has 0 heterocycles. The van der Waals surface area contributed by atoms with Crippen LogP contribution in [0.25, 0.3) is 0 Å². The van der Waals surface area contributed by atoms with Gasteiger partial charge >= 0.3 is 0 Å². The van der Waals surface area contributed by atoms with Crippen molar-refractivity contribution in [1.29, 1.82) is 0 Å².